The minimum atomic E-state index is -4.35. The summed E-state index contributed by atoms with van der Waals surface area (Å²) >= 11 is 0. The Kier molecular flexibility index (Phi) is 5.72. The van der Waals surface area contributed by atoms with Crippen molar-refractivity contribution < 1.29 is 22.3 Å². The standard InChI is InChI=1S/C23H23F3N2O2/c1-29-20-9-7-17(8-10-20)22-16-27(11-12-28(22)15-21-6-3-13-30-21)19-5-2-4-18(14-19)23(24,25)26/h2-10,13-14,22H,11-12,15-16H2,1H3. The third-order valence-corrected chi connectivity index (χ3v) is 5.47. The van der Waals surface area contributed by atoms with E-state index < -0.39 is 11.7 Å². The Labute approximate surface area is 173 Å². The number of benzene rings is 2. The van der Waals surface area contributed by atoms with Crippen molar-refractivity contribution in [2.24, 2.45) is 0 Å². The van der Waals surface area contributed by atoms with Gasteiger partial charge in [-0.2, -0.15) is 13.2 Å². The molecule has 30 heavy (non-hydrogen) atoms. The molecule has 0 aliphatic carbocycles. The lowest BCUT2D eigenvalue weighted by atomic mass is 10.0. The molecule has 0 N–H and O–H groups in total. The monoisotopic (exact) mass is 416 g/mol. The lowest BCUT2D eigenvalue weighted by Crippen LogP contribution is -2.48. The quantitative estimate of drug-likeness (QED) is 0.559. The number of piperazine rings is 1. The first-order chi connectivity index (χ1) is 14.4. The van der Waals surface area contributed by atoms with Gasteiger partial charge in [-0.15, -0.1) is 0 Å². The molecule has 1 saturated heterocycles. The zero-order valence-corrected chi connectivity index (χ0v) is 16.6. The van der Waals surface area contributed by atoms with Gasteiger partial charge in [0.05, 0.1) is 31.5 Å². The first-order valence-electron chi connectivity index (χ1n) is 9.76. The number of anilines is 1. The summed E-state index contributed by atoms with van der Waals surface area (Å²) in [5.74, 6) is 1.63. The molecule has 3 aromatic rings. The van der Waals surface area contributed by atoms with E-state index in [4.69, 9.17) is 9.15 Å². The van der Waals surface area contributed by atoms with Gasteiger partial charge in [0.25, 0.3) is 0 Å². The first-order valence-corrected chi connectivity index (χ1v) is 9.76. The second-order valence-corrected chi connectivity index (χ2v) is 7.33. The molecule has 2 heterocycles. The van der Waals surface area contributed by atoms with Crippen molar-refractivity contribution in [1.29, 1.82) is 0 Å². The molecular formula is C23H23F3N2O2. The summed E-state index contributed by atoms with van der Waals surface area (Å²) in [7, 11) is 1.62. The number of hydrogen-bond donors (Lipinski definition) is 0. The molecule has 1 aliphatic heterocycles. The van der Waals surface area contributed by atoms with Crippen molar-refractivity contribution in [2.75, 3.05) is 31.6 Å². The van der Waals surface area contributed by atoms with Crippen LogP contribution in [0.5, 0.6) is 5.75 Å². The lowest BCUT2D eigenvalue weighted by molar-refractivity contribution is -0.137. The maximum Gasteiger partial charge on any atom is 0.416 e. The highest BCUT2D eigenvalue weighted by Gasteiger charge is 2.33. The summed E-state index contributed by atoms with van der Waals surface area (Å²) in [5, 5.41) is 0. The number of methoxy groups -OCH3 is 1. The summed E-state index contributed by atoms with van der Waals surface area (Å²) in [4.78, 5) is 4.31. The van der Waals surface area contributed by atoms with Crippen LogP contribution in [-0.2, 0) is 12.7 Å². The maximum atomic E-state index is 13.2. The van der Waals surface area contributed by atoms with Gasteiger partial charge in [0.2, 0.25) is 0 Å². The van der Waals surface area contributed by atoms with Crippen molar-refractivity contribution in [2.45, 2.75) is 18.8 Å². The molecule has 0 bridgehead atoms. The second kappa shape index (κ2) is 8.44. The van der Waals surface area contributed by atoms with E-state index in [-0.39, 0.29) is 6.04 Å². The zero-order valence-electron chi connectivity index (χ0n) is 16.6. The third kappa shape index (κ3) is 4.46. The van der Waals surface area contributed by atoms with Crippen LogP contribution >= 0.6 is 0 Å². The van der Waals surface area contributed by atoms with Crippen LogP contribution in [0.25, 0.3) is 0 Å². The molecule has 1 aliphatic rings. The van der Waals surface area contributed by atoms with E-state index in [0.717, 1.165) is 23.1 Å². The van der Waals surface area contributed by atoms with Gasteiger partial charge in [0.1, 0.15) is 11.5 Å². The molecule has 4 nitrogen and oxygen atoms in total. The molecule has 7 heteroatoms. The Morgan fingerprint density at radius 3 is 2.50 bits per heavy atom. The second-order valence-electron chi connectivity index (χ2n) is 7.33. The van der Waals surface area contributed by atoms with Gasteiger partial charge in [-0.1, -0.05) is 18.2 Å². The van der Waals surface area contributed by atoms with Crippen molar-refractivity contribution >= 4 is 5.69 Å². The molecule has 1 aromatic heterocycles. The number of rotatable bonds is 5. The average molecular weight is 416 g/mol. The Bertz CT molecular complexity index is 955. The van der Waals surface area contributed by atoms with Crippen LogP contribution in [0.2, 0.25) is 0 Å². The molecule has 0 amide bonds. The van der Waals surface area contributed by atoms with Crippen molar-refractivity contribution in [3.63, 3.8) is 0 Å². The van der Waals surface area contributed by atoms with Crippen LogP contribution < -0.4 is 9.64 Å². The van der Waals surface area contributed by atoms with E-state index in [1.54, 1.807) is 19.4 Å². The number of hydrogen-bond acceptors (Lipinski definition) is 4. The molecule has 4 rings (SSSR count). The predicted molar refractivity (Wildman–Crippen MR) is 109 cm³/mol. The van der Waals surface area contributed by atoms with E-state index in [9.17, 15) is 13.2 Å². The van der Waals surface area contributed by atoms with Gasteiger partial charge in [-0.3, -0.25) is 4.90 Å². The summed E-state index contributed by atoms with van der Waals surface area (Å²) in [6.45, 7) is 2.55. The molecule has 1 unspecified atom stereocenters. The minimum absolute atomic E-state index is 0.00398. The zero-order chi connectivity index (χ0) is 21.1. The van der Waals surface area contributed by atoms with Crippen LogP contribution in [0.3, 0.4) is 0 Å². The fraction of sp³-hybridized carbons (Fsp3) is 0.304. The molecule has 1 fully saturated rings. The third-order valence-electron chi connectivity index (χ3n) is 5.47. The number of nitrogens with zero attached hydrogens (tertiary/aromatic N) is 2. The van der Waals surface area contributed by atoms with E-state index in [2.05, 4.69) is 4.90 Å². The Balaban J connectivity index is 1.61. The molecule has 0 radical (unpaired) electrons. The van der Waals surface area contributed by atoms with E-state index >= 15 is 0 Å². The SMILES string of the molecule is COc1ccc(C2CN(c3cccc(C(F)(F)F)c3)CCN2Cc2ccco2)cc1. The van der Waals surface area contributed by atoms with E-state index in [1.807, 2.05) is 41.3 Å². The van der Waals surface area contributed by atoms with Crippen LogP contribution in [0.4, 0.5) is 18.9 Å². The smallest absolute Gasteiger partial charge is 0.416 e. The molecule has 1 atom stereocenters. The number of halogens is 3. The van der Waals surface area contributed by atoms with Gasteiger partial charge >= 0.3 is 6.18 Å². The van der Waals surface area contributed by atoms with Crippen LogP contribution in [0, 0.1) is 0 Å². The summed E-state index contributed by atoms with van der Waals surface area (Å²) in [5.41, 5.74) is 1.04. The number of alkyl halides is 3. The van der Waals surface area contributed by atoms with Crippen molar-refractivity contribution in [1.82, 2.24) is 4.90 Å². The van der Waals surface area contributed by atoms with Crippen LogP contribution in [0.15, 0.2) is 71.3 Å². The fourth-order valence-electron chi connectivity index (χ4n) is 3.87. The summed E-state index contributed by atoms with van der Waals surface area (Å²) < 4.78 is 50.3. The van der Waals surface area contributed by atoms with Crippen LogP contribution in [0.1, 0.15) is 22.9 Å². The van der Waals surface area contributed by atoms with Crippen LogP contribution in [-0.4, -0.2) is 31.6 Å². The predicted octanol–water partition coefficient (Wildman–Crippen LogP) is 5.37. The maximum absolute atomic E-state index is 13.2. The molecule has 0 saturated carbocycles. The lowest BCUT2D eigenvalue weighted by Gasteiger charge is -2.42. The highest BCUT2D eigenvalue weighted by molar-refractivity contribution is 5.50. The highest BCUT2D eigenvalue weighted by atomic mass is 19.4. The Morgan fingerprint density at radius 2 is 1.83 bits per heavy atom. The minimum Gasteiger partial charge on any atom is -0.497 e. The van der Waals surface area contributed by atoms with E-state index in [0.29, 0.717) is 31.9 Å². The first kappa shape index (κ1) is 20.3. The van der Waals surface area contributed by atoms with E-state index in [1.165, 1.54) is 12.1 Å². The van der Waals surface area contributed by atoms with Gasteiger partial charge in [0, 0.05) is 25.3 Å². The Morgan fingerprint density at radius 1 is 1.03 bits per heavy atom. The van der Waals surface area contributed by atoms with Gasteiger partial charge < -0.3 is 14.1 Å². The largest absolute Gasteiger partial charge is 0.497 e. The van der Waals surface area contributed by atoms with Gasteiger partial charge in [0.15, 0.2) is 0 Å². The summed E-state index contributed by atoms with van der Waals surface area (Å²) in [6, 6.07) is 17.2. The van der Waals surface area contributed by atoms with Crippen molar-refractivity contribution in [3.8, 4) is 5.75 Å². The molecule has 158 valence electrons. The average Bonchev–Trinajstić information content (AvgIpc) is 3.27. The van der Waals surface area contributed by atoms with Crippen molar-refractivity contribution in [3.05, 3.63) is 83.8 Å². The highest BCUT2D eigenvalue weighted by Crippen LogP contribution is 2.34. The number of furan rings is 1. The normalized spacial score (nSPS) is 17.9. The number of ether oxygens (including phenoxy) is 1. The topological polar surface area (TPSA) is 28.9 Å². The summed E-state index contributed by atoms with van der Waals surface area (Å²) in [6.07, 6.45) is -2.71. The molecule has 0 spiro atoms. The molecular weight excluding hydrogens is 393 g/mol. The fourth-order valence-corrected chi connectivity index (χ4v) is 3.87. The van der Waals surface area contributed by atoms with Gasteiger partial charge in [-0.05, 0) is 48.0 Å². The Hall–Kier alpha value is -2.93. The van der Waals surface area contributed by atoms with Gasteiger partial charge in [-0.25, -0.2) is 0 Å². The molecule has 2 aromatic carbocycles.